The van der Waals surface area contributed by atoms with Gasteiger partial charge in [0.1, 0.15) is 0 Å². The fourth-order valence-electron chi connectivity index (χ4n) is 3.64. The summed E-state index contributed by atoms with van der Waals surface area (Å²) < 4.78 is 37.1. The van der Waals surface area contributed by atoms with Crippen LogP contribution in [-0.2, 0) is 19.5 Å². The maximum atomic E-state index is 13.1. The molecule has 2 aromatic rings. The Kier molecular flexibility index (Phi) is 7.50. The Labute approximate surface area is 192 Å². The molecule has 0 radical (unpaired) electrons. The van der Waals surface area contributed by atoms with E-state index in [1.165, 1.54) is 48.9 Å². The second-order valence-electron chi connectivity index (χ2n) is 7.68. The van der Waals surface area contributed by atoms with Crippen LogP contribution in [0, 0.1) is 6.92 Å². The molecule has 0 atom stereocenters. The summed E-state index contributed by atoms with van der Waals surface area (Å²) in [4.78, 5) is 36.9. The molecule has 0 aliphatic carbocycles. The normalized spacial score (nSPS) is 14.4. The monoisotopic (exact) mass is 474 g/mol. The van der Waals surface area contributed by atoms with Crippen LogP contribution >= 0.6 is 0 Å². The van der Waals surface area contributed by atoms with E-state index >= 15 is 0 Å². The molecule has 9 nitrogen and oxygen atoms in total. The van der Waals surface area contributed by atoms with Gasteiger partial charge >= 0.3 is 11.9 Å². The smallest absolute Gasteiger partial charge is 0.337 e. The van der Waals surface area contributed by atoms with Crippen LogP contribution in [0.15, 0.2) is 41.3 Å². The van der Waals surface area contributed by atoms with Gasteiger partial charge in [0.2, 0.25) is 10.0 Å². The molecule has 2 aromatic carbocycles. The number of aryl methyl sites for hydroxylation is 1. The van der Waals surface area contributed by atoms with Crippen molar-refractivity contribution in [2.45, 2.75) is 31.1 Å². The van der Waals surface area contributed by atoms with Gasteiger partial charge in [0.15, 0.2) is 0 Å². The number of ether oxygens (including phenoxy) is 2. The van der Waals surface area contributed by atoms with E-state index in [0.29, 0.717) is 18.7 Å². The number of sulfonamides is 1. The van der Waals surface area contributed by atoms with Crippen molar-refractivity contribution < 1.29 is 32.3 Å². The molecule has 176 valence electrons. The molecule has 0 saturated carbocycles. The zero-order valence-electron chi connectivity index (χ0n) is 18.7. The number of hydrogen-bond donors (Lipinski definition) is 1. The minimum atomic E-state index is -3.73. The fraction of sp³-hybridized carbons (Fsp3) is 0.348. The molecule has 1 fully saturated rings. The van der Waals surface area contributed by atoms with Crippen LogP contribution in [0.5, 0.6) is 0 Å². The number of benzene rings is 2. The first-order chi connectivity index (χ1) is 15.7. The van der Waals surface area contributed by atoms with Gasteiger partial charge in [0.25, 0.3) is 5.91 Å². The number of anilines is 1. The number of hydrogen-bond acceptors (Lipinski definition) is 7. The molecule has 1 aliphatic rings. The number of nitrogens with one attached hydrogen (secondary N) is 1. The third-order valence-electron chi connectivity index (χ3n) is 5.42. The van der Waals surface area contributed by atoms with Gasteiger partial charge in [0, 0.05) is 24.3 Å². The van der Waals surface area contributed by atoms with Crippen molar-refractivity contribution in [3.05, 3.63) is 58.7 Å². The lowest BCUT2D eigenvalue weighted by Gasteiger charge is -2.26. The highest BCUT2D eigenvalue weighted by molar-refractivity contribution is 7.89. The van der Waals surface area contributed by atoms with E-state index in [0.717, 1.165) is 19.3 Å². The number of esters is 2. The van der Waals surface area contributed by atoms with Crippen molar-refractivity contribution in [1.29, 1.82) is 0 Å². The lowest BCUT2D eigenvalue weighted by molar-refractivity contribution is 0.0598. The minimum absolute atomic E-state index is 0.0490. The van der Waals surface area contributed by atoms with Crippen LogP contribution < -0.4 is 5.32 Å². The minimum Gasteiger partial charge on any atom is -0.465 e. The van der Waals surface area contributed by atoms with Crippen molar-refractivity contribution >= 4 is 33.6 Å². The van der Waals surface area contributed by atoms with Gasteiger partial charge in [-0.15, -0.1) is 0 Å². The highest BCUT2D eigenvalue weighted by Gasteiger charge is 2.28. The standard InChI is InChI=1S/C23H26N2O7S/c1-15-7-8-16(14-20(15)33(29,30)25-9-5-4-6-10-25)21(26)24-19-12-17(22(27)31-2)11-18(13-19)23(28)32-3/h7-8,11-14H,4-6,9-10H2,1-3H3,(H,24,26). The molecule has 0 aromatic heterocycles. The third kappa shape index (κ3) is 5.40. The van der Waals surface area contributed by atoms with Gasteiger partial charge in [-0.3, -0.25) is 4.79 Å². The van der Waals surface area contributed by atoms with Crippen LogP contribution in [0.4, 0.5) is 5.69 Å². The van der Waals surface area contributed by atoms with E-state index in [-0.39, 0.29) is 27.3 Å². The van der Waals surface area contributed by atoms with E-state index in [1.54, 1.807) is 13.0 Å². The van der Waals surface area contributed by atoms with Gasteiger partial charge in [-0.2, -0.15) is 4.31 Å². The summed E-state index contributed by atoms with van der Waals surface area (Å²) in [6, 6.07) is 8.45. The van der Waals surface area contributed by atoms with Crippen LogP contribution in [-0.4, -0.2) is 57.9 Å². The molecule has 1 saturated heterocycles. The maximum absolute atomic E-state index is 13.1. The van der Waals surface area contributed by atoms with Gasteiger partial charge in [0.05, 0.1) is 30.2 Å². The number of piperidine rings is 1. The summed E-state index contributed by atoms with van der Waals surface area (Å²) in [5, 5.41) is 2.61. The van der Waals surface area contributed by atoms with Crippen molar-refractivity contribution in [3.8, 4) is 0 Å². The summed E-state index contributed by atoms with van der Waals surface area (Å²) in [6.07, 6.45) is 2.60. The average molecular weight is 475 g/mol. The first-order valence-corrected chi connectivity index (χ1v) is 11.8. The van der Waals surface area contributed by atoms with Gasteiger partial charge < -0.3 is 14.8 Å². The number of carbonyl (C=O) groups excluding carboxylic acids is 3. The lowest BCUT2D eigenvalue weighted by Crippen LogP contribution is -2.36. The molecule has 0 unspecified atom stereocenters. The zero-order chi connectivity index (χ0) is 24.2. The molecule has 3 rings (SSSR count). The number of amides is 1. The maximum Gasteiger partial charge on any atom is 0.337 e. The van der Waals surface area contributed by atoms with Crippen molar-refractivity contribution in [2.24, 2.45) is 0 Å². The zero-order valence-corrected chi connectivity index (χ0v) is 19.5. The molecular weight excluding hydrogens is 448 g/mol. The van der Waals surface area contributed by atoms with Gasteiger partial charge in [-0.25, -0.2) is 18.0 Å². The van der Waals surface area contributed by atoms with Crippen LogP contribution in [0.2, 0.25) is 0 Å². The Balaban J connectivity index is 1.93. The Morgan fingerprint density at radius 1 is 0.848 bits per heavy atom. The lowest BCUT2D eigenvalue weighted by atomic mass is 10.1. The molecule has 0 spiro atoms. The SMILES string of the molecule is COC(=O)c1cc(NC(=O)c2ccc(C)c(S(=O)(=O)N3CCCCC3)c2)cc(C(=O)OC)c1. The predicted molar refractivity (Wildman–Crippen MR) is 121 cm³/mol. The van der Waals surface area contributed by atoms with Gasteiger partial charge in [-0.1, -0.05) is 12.5 Å². The summed E-state index contributed by atoms with van der Waals surface area (Å²) in [5.74, 6) is -1.98. The Morgan fingerprint density at radius 3 is 1.97 bits per heavy atom. The van der Waals surface area contributed by atoms with E-state index < -0.39 is 27.9 Å². The average Bonchev–Trinajstić information content (AvgIpc) is 2.83. The summed E-state index contributed by atoms with van der Waals surface area (Å²) in [5.41, 5.74) is 0.919. The van der Waals surface area contributed by atoms with Gasteiger partial charge in [-0.05, 0) is 55.7 Å². The first-order valence-electron chi connectivity index (χ1n) is 10.4. The molecule has 33 heavy (non-hydrogen) atoms. The van der Waals surface area contributed by atoms with E-state index in [4.69, 9.17) is 9.47 Å². The number of nitrogens with zero attached hydrogens (tertiary/aromatic N) is 1. The second-order valence-corrected chi connectivity index (χ2v) is 9.59. The van der Waals surface area contributed by atoms with Crippen LogP contribution in [0.25, 0.3) is 0 Å². The highest BCUT2D eigenvalue weighted by atomic mass is 32.2. The van der Waals surface area contributed by atoms with Crippen molar-refractivity contribution in [1.82, 2.24) is 4.31 Å². The Bertz CT molecular complexity index is 1150. The molecule has 1 N–H and O–H groups in total. The summed E-state index contributed by atoms with van der Waals surface area (Å²) >= 11 is 0. The second kappa shape index (κ2) is 10.1. The number of carbonyl (C=O) groups is 3. The number of rotatable bonds is 6. The summed E-state index contributed by atoms with van der Waals surface area (Å²) in [6.45, 7) is 2.59. The highest BCUT2D eigenvalue weighted by Crippen LogP contribution is 2.25. The molecular formula is C23H26N2O7S. The molecule has 0 bridgehead atoms. The van der Waals surface area contributed by atoms with E-state index in [9.17, 15) is 22.8 Å². The van der Waals surface area contributed by atoms with Crippen LogP contribution in [0.1, 0.15) is 55.9 Å². The molecule has 1 aliphatic heterocycles. The largest absolute Gasteiger partial charge is 0.465 e. The molecule has 10 heteroatoms. The van der Waals surface area contributed by atoms with E-state index in [2.05, 4.69) is 5.32 Å². The van der Waals surface area contributed by atoms with E-state index in [1.807, 2.05) is 0 Å². The number of methoxy groups -OCH3 is 2. The Morgan fingerprint density at radius 2 is 1.42 bits per heavy atom. The fourth-order valence-corrected chi connectivity index (χ4v) is 5.41. The van der Waals surface area contributed by atoms with Crippen molar-refractivity contribution in [3.63, 3.8) is 0 Å². The predicted octanol–water partition coefficient (Wildman–Crippen LogP) is 3.00. The first kappa shape index (κ1) is 24.4. The molecule has 1 amide bonds. The topological polar surface area (TPSA) is 119 Å². The quantitative estimate of drug-likeness (QED) is 0.639. The van der Waals surface area contributed by atoms with Crippen molar-refractivity contribution in [2.75, 3.05) is 32.6 Å². The Hall–Kier alpha value is -3.24. The third-order valence-corrected chi connectivity index (χ3v) is 7.46. The van der Waals surface area contributed by atoms with Crippen LogP contribution in [0.3, 0.4) is 0 Å². The summed E-state index contributed by atoms with van der Waals surface area (Å²) in [7, 11) is -1.34. The molecule has 1 heterocycles.